The van der Waals surface area contributed by atoms with Crippen LogP contribution >= 0.6 is 11.3 Å². The quantitative estimate of drug-likeness (QED) is 0.851. The van der Waals surface area contributed by atoms with Crippen LogP contribution in [0.2, 0.25) is 0 Å². The molecule has 0 amide bonds. The van der Waals surface area contributed by atoms with Crippen molar-refractivity contribution in [3.63, 3.8) is 0 Å². The van der Waals surface area contributed by atoms with Gasteiger partial charge in [-0.1, -0.05) is 12.6 Å². The topological polar surface area (TPSA) is 63.2 Å². The molecule has 5 nitrogen and oxygen atoms in total. The third-order valence-electron chi connectivity index (χ3n) is 1.94. The Kier molecular flexibility index (Phi) is 3.21. The van der Waals surface area contributed by atoms with Crippen molar-refractivity contribution in [2.24, 2.45) is 0 Å². The number of aromatic nitrogens is 2. The molecular formula is C10H9N3O2S2. The molecular weight excluding hydrogens is 258 g/mol. The molecule has 7 heteroatoms. The van der Waals surface area contributed by atoms with Gasteiger partial charge >= 0.3 is 0 Å². The van der Waals surface area contributed by atoms with E-state index in [0.717, 1.165) is 9.71 Å². The monoisotopic (exact) mass is 267 g/mol. The van der Waals surface area contributed by atoms with Crippen LogP contribution in [0, 0.1) is 0 Å². The predicted octanol–water partition coefficient (Wildman–Crippen LogP) is 2.15. The molecule has 0 atom stereocenters. The Bertz CT molecular complexity index is 594. The molecule has 0 aliphatic carbocycles. The summed E-state index contributed by atoms with van der Waals surface area (Å²) in [7, 11) is -3.63. The minimum Gasteiger partial charge on any atom is -0.251 e. The van der Waals surface area contributed by atoms with Crippen LogP contribution in [0.15, 0.2) is 48.1 Å². The Morgan fingerprint density at radius 3 is 2.76 bits per heavy atom. The first-order valence-electron chi connectivity index (χ1n) is 4.62. The summed E-state index contributed by atoms with van der Waals surface area (Å²) in [5.74, 6) is 0.316. The highest BCUT2D eigenvalue weighted by Gasteiger charge is 2.23. The summed E-state index contributed by atoms with van der Waals surface area (Å²) < 4.78 is 25.0. The lowest BCUT2D eigenvalue weighted by molar-refractivity contribution is 0.604. The molecule has 0 spiro atoms. The zero-order valence-electron chi connectivity index (χ0n) is 8.72. The molecule has 2 heterocycles. The van der Waals surface area contributed by atoms with E-state index in [1.807, 2.05) is 0 Å². The van der Waals surface area contributed by atoms with Crippen LogP contribution in [0.4, 0.5) is 10.8 Å². The number of thiazole rings is 1. The third-order valence-corrected chi connectivity index (χ3v) is 4.13. The molecule has 0 saturated heterocycles. The molecule has 0 unspecified atom stereocenters. The van der Waals surface area contributed by atoms with Crippen LogP contribution in [0.3, 0.4) is 0 Å². The number of hydrogen-bond acceptors (Lipinski definition) is 5. The fourth-order valence-electron chi connectivity index (χ4n) is 1.23. The van der Waals surface area contributed by atoms with Crippen LogP contribution in [0.1, 0.15) is 0 Å². The second kappa shape index (κ2) is 4.64. The lowest BCUT2D eigenvalue weighted by Gasteiger charge is -2.18. The van der Waals surface area contributed by atoms with Crippen molar-refractivity contribution in [3.8, 4) is 0 Å². The second-order valence-corrected chi connectivity index (χ2v) is 5.60. The Morgan fingerprint density at radius 1 is 1.41 bits per heavy atom. The SMILES string of the molecule is C=CS(=O)(=O)N(c1ccccn1)c1cncs1. The Hall–Kier alpha value is -1.73. The number of pyridine rings is 1. The lowest BCUT2D eigenvalue weighted by Crippen LogP contribution is -2.23. The largest absolute Gasteiger partial charge is 0.263 e. The zero-order valence-corrected chi connectivity index (χ0v) is 10.4. The van der Waals surface area contributed by atoms with Gasteiger partial charge < -0.3 is 0 Å². The first kappa shape index (κ1) is 11.7. The van der Waals surface area contributed by atoms with Crippen LogP contribution in [0.5, 0.6) is 0 Å². The molecule has 2 rings (SSSR count). The van der Waals surface area contributed by atoms with Crippen molar-refractivity contribution < 1.29 is 8.42 Å². The van der Waals surface area contributed by atoms with E-state index < -0.39 is 10.0 Å². The van der Waals surface area contributed by atoms with Crippen LogP contribution in [-0.2, 0) is 10.0 Å². The molecule has 88 valence electrons. The molecule has 2 aromatic heterocycles. The maximum atomic E-state index is 11.9. The first-order chi connectivity index (χ1) is 8.15. The van der Waals surface area contributed by atoms with Gasteiger partial charge in [-0.25, -0.2) is 17.7 Å². The summed E-state index contributed by atoms with van der Waals surface area (Å²) in [5, 5.41) is 1.37. The fourth-order valence-corrected chi connectivity index (χ4v) is 3.02. The molecule has 0 saturated carbocycles. The Labute approximate surface area is 103 Å². The maximum absolute atomic E-state index is 11.9. The smallest absolute Gasteiger partial charge is 0.251 e. The molecule has 0 aliphatic heterocycles. The van der Waals surface area contributed by atoms with E-state index in [-0.39, 0.29) is 0 Å². The molecule has 2 aromatic rings. The number of anilines is 2. The van der Waals surface area contributed by atoms with E-state index in [9.17, 15) is 8.42 Å². The van der Waals surface area contributed by atoms with Gasteiger partial charge in [0.05, 0.1) is 11.7 Å². The minimum atomic E-state index is -3.63. The third kappa shape index (κ3) is 2.34. The van der Waals surface area contributed by atoms with Gasteiger partial charge in [-0.05, 0) is 12.1 Å². The Balaban J connectivity index is 2.58. The van der Waals surface area contributed by atoms with E-state index in [4.69, 9.17) is 0 Å². The molecule has 0 radical (unpaired) electrons. The highest BCUT2D eigenvalue weighted by atomic mass is 32.2. The summed E-state index contributed by atoms with van der Waals surface area (Å²) in [6.45, 7) is 3.32. The molecule has 0 aromatic carbocycles. The standard InChI is InChI=1S/C10H9N3O2S2/c1-2-17(14,15)13(10-7-11-8-16-10)9-5-3-4-6-12-9/h2-8H,1H2. The second-order valence-electron chi connectivity index (χ2n) is 3.00. The van der Waals surface area contributed by atoms with E-state index in [0.29, 0.717) is 10.8 Å². The van der Waals surface area contributed by atoms with Gasteiger partial charge in [0.1, 0.15) is 10.8 Å². The van der Waals surface area contributed by atoms with E-state index in [1.165, 1.54) is 23.7 Å². The average molecular weight is 267 g/mol. The Morgan fingerprint density at radius 2 is 2.24 bits per heavy atom. The van der Waals surface area contributed by atoms with Crippen molar-refractivity contribution >= 4 is 32.2 Å². The summed E-state index contributed by atoms with van der Waals surface area (Å²) in [6.07, 6.45) is 3.00. The molecule has 0 fully saturated rings. The number of rotatable bonds is 4. The van der Waals surface area contributed by atoms with Crippen molar-refractivity contribution in [1.82, 2.24) is 9.97 Å². The highest BCUT2D eigenvalue weighted by molar-refractivity contribution is 7.96. The lowest BCUT2D eigenvalue weighted by atomic mass is 10.5. The highest BCUT2D eigenvalue weighted by Crippen LogP contribution is 2.30. The fraction of sp³-hybridized carbons (Fsp3) is 0. The van der Waals surface area contributed by atoms with E-state index in [2.05, 4.69) is 16.5 Å². The van der Waals surface area contributed by atoms with Gasteiger partial charge in [-0.3, -0.25) is 4.98 Å². The molecule has 0 bridgehead atoms. The van der Waals surface area contributed by atoms with Gasteiger partial charge in [-0.2, -0.15) is 0 Å². The van der Waals surface area contributed by atoms with Gasteiger partial charge in [0.15, 0.2) is 0 Å². The average Bonchev–Trinajstić information content (AvgIpc) is 2.84. The molecule has 17 heavy (non-hydrogen) atoms. The summed E-state index contributed by atoms with van der Waals surface area (Å²) in [4.78, 5) is 7.89. The van der Waals surface area contributed by atoms with Crippen LogP contribution < -0.4 is 4.31 Å². The van der Waals surface area contributed by atoms with E-state index >= 15 is 0 Å². The van der Waals surface area contributed by atoms with Crippen LogP contribution in [0.25, 0.3) is 0 Å². The van der Waals surface area contributed by atoms with Crippen LogP contribution in [-0.4, -0.2) is 18.4 Å². The zero-order chi connectivity index (χ0) is 12.3. The normalized spacial score (nSPS) is 11.1. The van der Waals surface area contributed by atoms with Gasteiger partial charge in [-0.15, -0.1) is 11.3 Å². The maximum Gasteiger partial charge on any atom is 0.263 e. The van der Waals surface area contributed by atoms with E-state index in [1.54, 1.807) is 23.7 Å². The van der Waals surface area contributed by atoms with Crippen molar-refractivity contribution in [3.05, 3.63) is 48.1 Å². The number of nitrogens with zero attached hydrogens (tertiary/aromatic N) is 3. The number of hydrogen-bond donors (Lipinski definition) is 0. The van der Waals surface area contributed by atoms with Crippen molar-refractivity contribution in [1.29, 1.82) is 0 Å². The van der Waals surface area contributed by atoms with Gasteiger partial charge in [0.25, 0.3) is 10.0 Å². The number of sulfonamides is 1. The predicted molar refractivity (Wildman–Crippen MR) is 67.6 cm³/mol. The van der Waals surface area contributed by atoms with Gasteiger partial charge in [0, 0.05) is 11.6 Å². The van der Waals surface area contributed by atoms with Gasteiger partial charge in [0.2, 0.25) is 0 Å². The summed E-state index contributed by atoms with van der Waals surface area (Å²) in [5.41, 5.74) is 1.56. The summed E-state index contributed by atoms with van der Waals surface area (Å²) >= 11 is 1.22. The molecule has 0 aliphatic rings. The van der Waals surface area contributed by atoms with Crippen molar-refractivity contribution in [2.45, 2.75) is 0 Å². The molecule has 0 N–H and O–H groups in total. The first-order valence-corrected chi connectivity index (χ1v) is 7.01. The minimum absolute atomic E-state index is 0.316. The summed E-state index contributed by atoms with van der Waals surface area (Å²) in [6, 6.07) is 5.05. The van der Waals surface area contributed by atoms with Crippen molar-refractivity contribution in [2.75, 3.05) is 4.31 Å².